The van der Waals surface area contributed by atoms with Gasteiger partial charge in [0, 0.05) is 5.39 Å². The van der Waals surface area contributed by atoms with Crippen LogP contribution in [0.3, 0.4) is 0 Å². The summed E-state index contributed by atoms with van der Waals surface area (Å²) in [5.74, 6) is 0.679. The van der Waals surface area contributed by atoms with Gasteiger partial charge in [0.15, 0.2) is 11.5 Å². The molecule has 18 heavy (non-hydrogen) atoms. The van der Waals surface area contributed by atoms with Crippen molar-refractivity contribution in [1.82, 2.24) is 0 Å². The number of carboxylic acids is 1. The van der Waals surface area contributed by atoms with Gasteiger partial charge >= 0.3 is 5.97 Å². The van der Waals surface area contributed by atoms with Crippen LogP contribution >= 0.6 is 0 Å². The lowest BCUT2D eigenvalue weighted by atomic mass is 10.0. The molecule has 0 amide bonds. The lowest BCUT2D eigenvalue weighted by Gasteiger charge is -2.07. The zero-order valence-electron chi connectivity index (χ0n) is 9.60. The largest absolute Gasteiger partial charge is 0.497 e. The predicted molar refractivity (Wildman–Crippen MR) is 63.6 cm³/mol. The van der Waals surface area contributed by atoms with Gasteiger partial charge in [-0.15, -0.1) is 0 Å². The third-order valence-electron chi connectivity index (χ3n) is 2.89. The minimum absolute atomic E-state index is 0.158. The van der Waals surface area contributed by atoms with Crippen molar-refractivity contribution in [2.24, 2.45) is 0 Å². The van der Waals surface area contributed by atoms with E-state index in [1.165, 1.54) is 13.2 Å². The van der Waals surface area contributed by atoms with E-state index in [9.17, 15) is 9.90 Å². The van der Waals surface area contributed by atoms with Crippen LogP contribution in [-0.2, 0) is 0 Å². The number of carbonyl (C=O) groups is 1. The maximum Gasteiger partial charge on any atom is 0.336 e. The zero-order valence-corrected chi connectivity index (χ0v) is 9.60. The van der Waals surface area contributed by atoms with Crippen molar-refractivity contribution in [2.75, 3.05) is 13.9 Å². The fourth-order valence-corrected chi connectivity index (χ4v) is 2.02. The number of ether oxygens (including phenoxy) is 3. The highest BCUT2D eigenvalue weighted by Crippen LogP contribution is 2.38. The van der Waals surface area contributed by atoms with Crippen molar-refractivity contribution in [3.05, 3.63) is 29.8 Å². The second-order valence-corrected chi connectivity index (χ2v) is 3.91. The van der Waals surface area contributed by atoms with Gasteiger partial charge in [-0.05, 0) is 29.7 Å². The molecule has 1 N–H and O–H groups in total. The van der Waals surface area contributed by atoms with Gasteiger partial charge in [0.05, 0.1) is 12.7 Å². The molecule has 92 valence electrons. The van der Waals surface area contributed by atoms with Crippen LogP contribution in [0.25, 0.3) is 10.8 Å². The number of rotatable bonds is 2. The summed E-state index contributed by atoms with van der Waals surface area (Å²) < 4.78 is 15.6. The molecule has 0 aliphatic carbocycles. The lowest BCUT2D eigenvalue weighted by molar-refractivity contribution is 0.0698. The molecule has 0 spiro atoms. The summed E-state index contributed by atoms with van der Waals surface area (Å²) in [6.45, 7) is 0.158. The molecule has 5 nitrogen and oxygen atoms in total. The Morgan fingerprint density at radius 1 is 1.22 bits per heavy atom. The summed E-state index contributed by atoms with van der Waals surface area (Å²) in [6, 6.07) is 6.70. The first-order chi connectivity index (χ1) is 8.69. The molecule has 1 aliphatic heterocycles. The van der Waals surface area contributed by atoms with E-state index in [1.54, 1.807) is 18.2 Å². The Morgan fingerprint density at radius 3 is 2.61 bits per heavy atom. The van der Waals surface area contributed by atoms with E-state index in [4.69, 9.17) is 14.2 Å². The first-order valence-electron chi connectivity index (χ1n) is 5.34. The predicted octanol–water partition coefficient (Wildman–Crippen LogP) is 2.28. The molecule has 2 aromatic carbocycles. The molecule has 5 heteroatoms. The number of carboxylic acid groups (broad SMARTS) is 1. The van der Waals surface area contributed by atoms with Gasteiger partial charge in [-0.3, -0.25) is 0 Å². The monoisotopic (exact) mass is 246 g/mol. The highest BCUT2D eigenvalue weighted by Gasteiger charge is 2.18. The van der Waals surface area contributed by atoms with Crippen molar-refractivity contribution in [2.45, 2.75) is 0 Å². The fraction of sp³-hybridized carbons (Fsp3) is 0.154. The summed E-state index contributed by atoms with van der Waals surface area (Å²) in [5.41, 5.74) is 0.183. The van der Waals surface area contributed by atoms with Gasteiger partial charge in [-0.25, -0.2) is 4.79 Å². The van der Waals surface area contributed by atoms with Gasteiger partial charge in [0.2, 0.25) is 6.79 Å². The highest BCUT2D eigenvalue weighted by atomic mass is 16.7. The van der Waals surface area contributed by atoms with Gasteiger partial charge in [-0.1, -0.05) is 0 Å². The van der Waals surface area contributed by atoms with E-state index < -0.39 is 5.97 Å². The molecular weight excluding hydrogens is 236 g/mol. The Balaban J connectivity index is 2.34. The van der Waals surface area contributed by atoms with E-state index in [0.29, 0.717) is 22.6 Å². The topological polar surface area (TPSA) is 65.0 Å². The molecule has 3 rings (SSSR count). The van der Waals surface area contributed by atoms with E-state index in [2.05, 4.69) is 0 Å². The summed E-state index contributed by atoms with van der Waals surface area (Å²) >= 11 is 0. The molecule has 0 radical (unpaired) electrons. The average molecular weight is 246 g/mol. The Kier molecular flexibility index (Phi) is 2.26. The van der Waals surface area contributed by atoms with Gasteiger partial charge < -0.3 is 19.3 Å². The molecule has 1 heterocycles. The summed E-state index contributed by atoms with van der Waals surface area (Å²) in [4.78, 5) is 11.3. The highest BCUT2D eigenvalue weighted by molar-refractivity contribution is 6.05. The minimum atomic E-state index is -1.00. The first kappa shape index (κ1) is 10.7. The van der Waals surface area contributed by atoms with Crippen molar-refractivity contribution in [3.63, 3.8) is 0 Å². The maximum absolute atomic E-state index is 11.3. The van der Waals surface area contributed by atoms with Crippen molar-refractivity contribution >= 4 is 16.7 Å². The van der Waals surface area contributed by atoms with Crippen molar-refractivity contribution < 1.29 is 24.1 Å². The molecule has 0 saturated carbocycles. The molecule has 0 fully saturated rings. The van der Waals surface area contributed by atoms with E-state index in [0.717, 1.165) is 5.39 Å². The molecule has 0 bridgehead atoms. The number of hydrogen-bond donors (Lipinski definition) is 1. The van der Waals surface area contributed by atoms with Crippen LogP contribution in [-0.4, -0.2) is 25.0 Å². The average Bonchev–Trinajstić information content (AvgIpc) is 2.81. The van der Waals surface area contributed by atoms with E-state index in [-0.39, 0.29) is 12.4 Å². The normalized spacial score (nSPS) is 12.7. The molecule has 0 unspecified atom stereocenters. The summed E-state index contributed by atoms with van der Waals surface area (Å²) in [5, 5.41) is 10.6. The fourth-order valence-electron chi connectivity index (χ4n) is 2.02. The third-order valence-corrected chi connectivity index (χ3v) is 2.89. The standard InChI is InChI=1S/C13H10O5/c1-16-8-2-7-3-11-12(18-6-17-11)5-9(7)10(4-8)13(14)15/h2-5H,6H2,1H3,(H,14,15). The second-order valence-electron chi connectivity index (χ2n) is 3.91. The Morgan fingerprint density at radius 2 is 1.94 bits per heavy atom. The van der Waals surface area contributed by atoms with Gasteiger partial charge in [-0.2, -0.15) is 0 Å². The van der Waals surface area contributed by atoms with Crippen LogP contribution in [0.4, 0.5) is 0 Å². The van der Waals surface area contributed by atoms with Crippen molar-refractivity contribution in [3.8, 4) is 17.2 Å². The molecule has 0 aromatic heterocycles. The number of hydrogen-bond acceptors (Lipinski definition) is 4. The summed E-state index contributed by atoms with van der Waals surface area (Å²) in [7, 11) is 1.50. The lowest BCUT2D eigenvalue weighted by Crippen LogP contribution is -1.98. The van der Waals surface area contributed by atoms with Crippen molar-refractivity contribution in [1.29, 1.82) is 0 Å². The molecule has 1 aliphatic rings. The number of methoxy groups -OCH3 is 1. The van der Waals surface area contributed by atoms with E-state index >= 15 is 0 Å². The Bertz CT molecular complexity index is 647. The van der Waals surface area contributed by atoms with Crippen LogP contribution < -0.4 is 14.2 Å². The maximum atomic E-state index is 11.3. The molecule has 2 aromatic rings. The van der Waals surface area contributed by atoms with E-state index in [1.807, 2.05) is 0 Å². The number of fused-ring (bicyclic) bond motifs is 2. The number of benzene rings is 2. The zero-order chi connectivity index (χ0) is 12.7. The quantitative estimate of drug-likeness (QED) is 0.880. The van der Waals surface area contributed by atoms with Crippen LogP contribution in [0.1, 0.15) is 10.4 Å². The van der Waals surface area contributed by atoms with Crippen LogP contribution in [0.2, 0.25) is 0 Å². The molecular formula is C13H10O5. The minimum Gasteiger partial charge on any atom is -0.497 e. The smallest absolute Gasteiger partial charge is 0.336 e. The Labute approximate surface area is 102 Å². The van der Waals surface area contributed by atoms with Gasteiger partial charge in [0.1, 0.15) is 5.75 Å². The third kappa shape index (κ3) is 1.52. The second kappa shape index (κ2) is 3.80. The van der Waals surface area contributed by atoms with Crippen LogP contribution in [0.15, 0.2) is 24.3 Å². The SMILES string of the molecule is COc1cc(C(=O)O)c2cc3c(cc2c1)OCO3. The van der Waals surface area contributed by atoms with Gasteiger partial charge in [0.25, 0.3) is 0 Å². The van der Waals surface area contributed by atoms with Crippen LogP contribution in [0, 0.1) is 0 Å². The number of aromatic carboxylic acids is 1. The van der Waals surface area contributed by atoms with Crippen LogP contribution in [0.5, 0.6) is 17.2 Å². The summed E-state index contributed by atoms with van der Waals surface area (Å²) in [6.07, 6.45) is 0. The Hall–Kier alpha value is -2.43. The molecule has 0 saturated heterocycles. The molecule has 0 atom stereocenters. The first-order valence-corrected chi connectivity index (χ1v) is 5.34.